The zero-order valence-electron chi connectivity index (χ0n) is 17.9. The summed E-state index contributed by atoms with van der Waals surface area (Å²) in [6.45, 7) is 11.2. The lowest BCUT2D eigenvalue weighted by Gasteiger charge is -2.15. The molecule has 0 aliphatic carbocycles. The van der Waals surface area contributed by atoms with Gasteiger partial charge in [0.05, 0.1) is 12.9 Å². The van der Waals surface area contributed by atoms with Crippen LogP contribution in [0.2, 0.25) is 0 Å². The monoisotopic (exact) mass is 391 g/mol. The van der Waals surface area contributed by atoms with Crippen molar-refractivity contribution in [1.29, 1.82) is 0 Å². The van der Waals surface area contributed by atoms with Gasteiger partial charge in [0.2, 0.25) is 5.91 Å². The highest BCUT2D eigenvalue weighted by atomic mass is 16.5. The van der Waals surface area contributed by atoms with E-state index in [1.807, 2.05) is 27.7 Å². The summed E-state index contributed by atoms with van der Waals surface area (Å²) in [5.41, 5.74) is 6.90. The van der Waals surface area contributed by atoms with E-state index in [1.54, 1.807) is 12.3 Å². The Balaban J connectivity index is 2.15. The van der Waals surface area contributed by atoms with Crippen molar-refractivity contribution in [3.05, 3.63) is 59.4 Å². The molecular weight excluding hydrogens is 362 g/mol. The Hall–Kier alpha value is -3.01. The molecule has 1 aromatic heterocycles. The SMILES string of the molecule is CCCNC(=O)/C=C(\C)c1cc2c(-c3ccc(C)cc3)coc2c(C)c1OCC. The second kappa shape index (κ2) is 8.99. The van der Waals surface area contributed by atoms with E-state index >= 15 is 0 Å². The molecule has 0 saturated heterocycles. The number of carbonyl (C=O) groups excluding carboxylic acids is 1. The average Bonchev–Trinajstić information content (AvgIpc) is 3.13. The van der Waals surface area contributed by atoms with Crippen LogP contribution in [0, 0.1) is 13.8 Å². The number of hydrogen-bond donors (Lipinski definition) is 1. The fourth-order valence-electron chi connectivity index (χ4n) is 3.47. The van der Waals surface area contributed by atoms with Gasteiger partial charge in [-0.15, -0.1) is 0 Å². The Morgan fingerprint density at radius 2 is 1.90 bits per heavy atom. The first-order chi connectivity index (χ1) is 14.0. The van der Waals surface area contributed by atoms with E-state index in [2.05, 4.69) is 42.6 Å². The third kappa shape index (κ3) is 4.37. The highest BCUT2D eigenvalue weighted by molar-refractivity contribution is 6.01. The molecule has 1 heterocycles. The summed E-state index contributed by atoms with van der Waals surface area (Å²) in [7, 11) is 0. The van der Waals surface area contributed by atoms with Crippen LogP contribution >= 0.6 is 0 Å². The maximum Gasteiger partial charge on any atom is 0.244 e. The Morgan fingerprint density at radius 3 is 2.55 bits per heavy atom. The van der Waals surface area contributed by atoms with Gasteiger partial charge in [-0.05, 0) is 51.3 Å². The Bertz CT molecular complexity index is 1040. The topological polar surface area (TPSA) is 51.5 Å². The number of allylic oxidation sites excluding steroid dienone is 1. The zero-order chi connectivity index (χ0) is 21.0. The number of rotatable bonds is 7. The van der Waals surface area contributed by atoms with Crippen molar-refractivity contribution in [2.45, 2.75) is 41.0 Å². The van der Waals surface area contributed by atoms with Crippen molar-refractivity contribution < 1.29 is 13.9 Å². The molecule has 29 heavy (non-hydrogen) atoms. The molecule has 4 heteroatoms. The average molecular weight is 392 g/mol. The largest absolute Gasteiger partial charge is 0.493 e. The fraction of sp³-hybridized carbons (Fsp3) is 0.320. The third-order valence-corrected chi connectivity index (χ3v) is 5.02. The molecular formula is C25H29NO3. The molecule has 0 radical (unpaired) electrons. The van der Waals surface area contributed by atoms with E-state index in [-0.39, 0.29) is 5.91 Å². The van der Waals surface area contributed by atoms with Crippen molar-refractivity contribution in [3.8, 4) is 16.9 Å². The first-order valence-corrected chi connectivity index (χ1v) is 10.2. The maximum atomic E-state index is 12.2. The quantitative estimate of drug-likeness (QED) is 0.499. The lowest BCUT2D eigenvalue weighted by Crippen LogP contribution is -2.21. The van der Waals surface area contributed by atoms with Crippen molar-refractivity contribution in [3.63, 3.8) is 0 Å². The molecule has 3 rings (SSSR count). The lowest BCUT2D eigenvalue weighted by molar-refractivity contribution is -0.116. The number of ether oxygens (including phenoxy) is 1. The molecule has 0 aliphatic heterocycles. The molecule has 1 N–H and O–H groups in total. The van der Waals surface area contributed by atoms with Crippen LogP contribution < -0.4 is 10.1 Å². The zero-order valence-corrected chi connectivity index (χ0v) is 17.9. The van der Waals surface area contributed by atoms with Gasteiger partial charge in [-0.1, -0.05) is 36.8 Å². The van der Waals surface area contributed by atoms with Gasteiger partial charge in [0.1, 0.15) is 11.3 Å². The van der Waals surface area contributed by atoms with Gasteiger partial charge in [-0.3, -0.25) is 4.79 Å². The first kappa shape index (κ1) is 20.7. The summed E-state index contributed by atoms with van der Waals surface area (Å²) in [5.74, 6) is 0.678. The minimum Gasteiger partial charge on any atom is -0.493 e. The second-order valence-electron chi connectivity index (χ2n) is 7.32. The number of fused-ring (bicyclic) bond motifs is 1. The molecule has 0 fully saturated rings. The molecule has 3 aromatic rings. The molecule has 4 nitrogen and oxygen atoms in total. The number of carbonyl (C=O) groups is 1. The van der Waals surface area contributed by atoms with Crippen LogP contribution in [-0.4, -0.2) is 19.1 Å². The van der Waals surface area contributed by atoms with Gasteiger partial charge < -0.3 is 14.5 Å². The van der Waals surface area contributed by atoms with E-state index in [0.717, 1.165) is 51.0 Å². The van der Waals surface area contributed by atoms with Crippen LogP contribution in [0.15, 0.2) is 47.1 Å². The molecule has 0 saturated carbocycles. The maximum absolute atomic E-state index is 12.2. The highest BCUT2D eigenvalue weighted by Crippen LogP contribution is 2.40. The number of amides is 1. The van der Waals surface area contributed by atoms with Gasteiger partial charge in [-0.2, -0.15) is 0 Å². The van der Waals surface area contributed by atoms with E-state index < -0.39 is 0 Å². The number of aryl methyl sites for hydroxylation is 2. The number of hydrogen-bond acceptors (Lipinski definition) is 3. The van der Waals surface area contributed by atoms with Crippen LogP contribution in [-0.2, 0) is 4.79 Å². The van der Waals surface area contributed by atoms with Gasteiger partial charge in [0.15, 0.2) is 0 Å². The van der Waals surface area contributed by atoms with Gasteiger partial charge >= 0.3 is 0 Å². The summed E-state index contributed by atoms with van der Waals surface area (Å²) in [6, 6.07) is 10.5. The minimum absolute atomic E-state index is 0.0875. The number of furan rings is 1. The number of benzene rings is 2. The van der Waals surface area contributed by atoms with Gasteiger partial charge in [0.25, 0.3) is 0 Å². The van der Waals surface area contributed by atoms with Crippen molar-refractivity contribution in [2.75, 3.05) is 13.2 Å². The van der Waals surface area contributed by atoms with E-state index in [4.69, 9.17) is 9.15 Å². The van der Waals surface area contributed by atoms with Crippen molar-refractivity contribution >= 4 is 22.4 Å². The normalized spacial score (nSPS) is 11.7. The van der Waals surface area contributed by atoms with E-state index in [9.17, 15) is 4.79 Å². The van der Waals surface area contributed by atoms with Crippen LogP contribution in [0.25, 0.3) is 27.7 Å². The fourth-order valence-corrected chi connectivity index (χ4v) is 3.47. The summed E-state index contributed by atoms with van der Waals surface area (Å²) in [6.07, 6.45) is 4.35. The standard InChI is InChI=1S/C25H29NO3/c1-6-12-26-23(27)13-17(4)20-14-21-22(19-10-8-16(3)9-11-19)15-29-25(21)18(5)24(20)28-7-2/h8-11,13-15H,6-7,12H2,1-5H3,(H,26,27)/b17-13+. The highest BCUT2D eigenvalue weighted by Gasteiger charge is 2.19. The molecule has 0 spiro atoms. The third-order valence-electron chi connectivity index (χ3n) is 5.02. The van der Waals surface area contributed by atoms with Gasteiger partial charge in [-0.25, -0.2) is 0 Å². The van der Waals surface area contributed by atoms with Crippen LogP contribution in [0.5, 0.6) is 5.75 Å². The van der Waals surface area contributed by atoms with Crippen LogP contribution in [0.1, 0.15) is 43.9 Å². The Morgan fingerprint density at radius 1 is 1.17 bits per heavy atom. The predicted molar refractivity (Wildman–Crippen MR) is 119 cm³/mol. The van der Waals surface area contributed by atoms with Crippen molar-refractivity contribution in [1.82, 2.24) is 5.32 Å². The summed E-state index contributed by atoms with van der Waals surface area (Å²) in [5, 5.41) is 3.92. The molecule has 0 bridgehead atoms. The first-order valence-electron chi connectivity index (χ1n) is 10.2. The number of nitrogens with one attached hydrogen (secondary N) is 1. The molecule has 0 atom stereocenters. The van der Waals surface area contributed by atoms with Gasteiger partial charge in [0, 0.05) is 34.7 Å². The summed E-state index contributed by atoms with van der Waals surface area (Å²) in [4.78, 5) is 12.2. The minimum atomic E-state index is -0.0875. The van der Waals surface area contributed by atoms with E-state index in [0.29, 0.717) is 13.2 Å². The lowest BCUT2D eigenvalue weighted by atomic mass is 9.96. The Labute approximate surface area is 172 Å². The molecule has 0 aliphatic rings. The van der Waals surface area contributed by atoms with Crippen LogP contribution in [0.4, 0.5) is 0 Å². The van der Waals surface area contributed by atoms with Crippen molar-refractivity contribution in [2.24, 2.45) is 0 Å². The summed E-state index contributed by atoms with van der Waals surface area (Å²) < 4.78 is 11.9. The molecule has 2 aromatic carbocycles. The smallest absolute Gasteiger partial charge is 0.244 e. The Kier molecular flexibility index (Phi) is 6.42. The van der Waals surface area contributed by atoms with E-state index in [1.165, 1.54) is 5.56 Å². The second-order valence-corrected chi connectivity index (χ2v) is 7.32. The molecule has 1 amide bonds. The predicted octanol–water partition coefficient (Wildman–Crippen LogP) is 6.04. The summed E-state index contributed by atoms with van der Waals surface area (Å²) >= 11 is 0. The molecule has 0 unspecified atom stereocenters. The molecule has 152 valence electrons. The van der Waals surface area contributed by atoms with Crippen LogP contribution in [0.3, 0.4) is 0 Å².